The summed E-state index contributed by atoms with van der Waals surface area (Å²) in [6.45, 7) is 4.58. The lowest BCUT2D eigenvalue weighted by Gasteiger charge is -2.12. The number of nitrogens with zero attached hydrogens (tertiary/aromatic N) is 3. The minimum atomic E-state index is -2.22. The molecule has 0 aliphatic heterocycles. The summed E-state index contributed by atoms with van der Waals surface area (Å²) in [5.74, 6) is -9.98. The molecule has 0 saturated heterocycles. The predicted octanol–water partition coefficient (Wildman–Crippen LogP) is 5.45. The number of phenols is 1. The van der Waals surface area contributed by atoms with Crippen LogP contribution in [-0.2, 0) is 17.0 Å². The number of carbonyl (C=O) groups is 1. The van der Waals surface area contributed by atoms with Crippen molar-refractivity contribution in [2.75, 3.05) is 6.54 Å². The number of hydrogen-bond donors (Lipinski definition) is 2. The van der Waals surface area contributed by atoms with Crippen LogP contribution in [0.15, 0.2) is 29.4 Å². The molecule has 2 N–H and O–H groups in total. The van der Waals surface area contributed by atoms with Gasteiger partial charge in [0.1, 0.15) is 11.6 Å². The van der Waals surface area contributed by atoms with Gasteiger partial charge < -0.3 is 10.4 Å². The number of benzene rings is 2. The maximum absolute atomic E-state index is 14.1. The fourth-order valence-electron chi connectivity index (χ4n) is 3.34. The van der Waals surface area contributed by atoms with E-state index in [0.717, 1.165) is 11.8 Å². The minimum absolute atomic E-state index is 0.0512. The van der Waals surface area contributed by atoms with E-state index in [4.69, 9.17) is 0 Å². The minimum Gasteiger partial charge on any atom is -0.508 e. The molecule has 0 atom stereocenters. The van der Waals surface area contributed by atoms with Crippen molar-refractivity contribution < 1.29 is 31.9 Å². The molecule has 6 nitrogen and oxygen atoms in total. The van der Waals surface area contributed by atoms with E-state index in [-0.39, 0.29) is 16.8 Å². The first-order chi connectivity index (χ1) is 17.1. The van der Waals surface area contributed by atoms with Crippen molar-refractivity contribution in [2.45, 2.75) is 50.4 Å². The molecule has 1 amide bonds. The quantitative estimate of drug-likeness (QED) is 0.114. The van der Waals surface area contributed by atoms with Gasteiger partial charge in [-0.15, -0.1) is 10.2 Å². The molecule has 0 fully saturated rings. The van der Waals surface area contributed by atoms with Crippen LogP contribution in [0.25, 0.3) is 5.69 Å². The molecule has 3 aromatic rings. The van der Waals surface area contributed by atoms with E-state index in [1.165, 1.54) is 16.7 Å². The maximum Gasteiger partial charge on any atom is 0.220 e. The number of halogens is 5. The number of hydrogen-bond acceptors (Lipinski definition) is 5. The molecule has 2 aromatic carbocycles. The first-order valence-electron chi connectivity index (χ1n) is 11.2. The summed E-state index contributed by atoms with van der Waals surface area (Å²) < 4.78 is 70.3. The Balaban J connectivity index is 1.78. The Morgan fingerprint density at radius 2 is 1.69 bits per heavy atom. The Bertz CT molecular complexity index is 1210. The number of aromatic hydroxyl groups is 1. The Hall–Kier alpha value is -3.15. The molecule has 0 aliphatic carbocycles. The zero-order chi connectivity index (χ0) is 26.4. The smallest absolute Gasteiger partial charge is 0.220 e. The number of thioether (sulfide) groups is 1. The average molecular weight is 529 g/mol. The van der Waals surface area contributed by atoms with Gasteiger partial charge in [-0.05, 0) is 30.9 Å². The number of aromatic nitrogens is 3. The normalized spacial score (nSPS) is 11.3. The highest BCUT2D eigenvalue weighted by Crippen LogP contribution is 2.31. The van der Waals surface area contributed by atoms with Crippen molar-refractivity contribution in [3.63, 3.8) is 0 Å². The highest BCUT2D eigenvalue weighted by atomic mass is 32.2. The lowest BCUT2D eigenvalue weighted by molar-refractivity contribution is -0.121. The largest absolute Gasteiger partial charge is 0.508 e. The molecule has 0 spiro atoms. The van der Waals surface area contributed by atoms with Crippen LogP contribution in [0.4, 0.5) is 22.0 Å². The first-order valence-corrected chi connectivity index (χ1v) is 12.2. The van der Waals surface area contributed by atoms with Gasteiger partial charge in [0.2, 0.25) is 11.7 Å². The van der Waals surface area contributed by atoms with Gasteiger partial charge >= 0.3 is 0 Å². The third kappa shape index (κ3) is 6.54. The van der Waals surface area contributed by atoms with E-state index in [0.29, 0.717) is 49.7 Å². The molecule has 3 rings (SSSR count). The van der Waals surface area contributed by atoms with Gasteiger partial charge in [0.05, 0.1) is 5.69 Å². The van der Waals surface area contributed by atoms with E-state index in [2.05, 4.69) is 15.5 Å². The van der Waals surface area contributed by atoms with Gasteiger partial charge in [0.25, 0.3) is 0 Å². The molecule has 1 aromatic heterocycles. The second-order valence-electron chi connectivity index (χ2n) is 8.50. The second kappa shape index (κ2) is 12.2. The SMILES string of the molecule is CC(C)CNC(=O)CCCCc1nnc(SCc2c(F)c(F)c(F)c(F)c2F)n1-c1cccc(O)c1. The van der Waals surface area contributed by atoms with Gasteiger partial charge in [-0.25, -0.2) is 22.0 Å². The number of aryl methyl sites for hydroxylation is 1. The van der Waals surface area contributed by atoms with Gasteiger partial charge in [-0.3, -0.25) is 9.36 Å². The van der Waals surface area contributed by atoms with Gasteiger partial charge in [-0.1, -0.05) is 31.7 Å². The highest BCUT2D eigenvalue weighted by Gasteiger charge is 2.26. The van der Waals surface area contributed by atoms with Crippen molar-refractivity contribution in [2.24, 2.45) is 5.92 Å². The lowest BCUT2D eigenvalue weighted by Crippen LogP contribution is -2.26. The maximum atomic E-state index is 14.1. The van der Waals surface area contributed by atoms with Crippen molar-refractivity contribution in [1.82, 2.24) is 20.1 Å². The number of unbranched alkanes of at least 4 members (excludes halogenated alkanes) is 1. The van der Waals surface area contributed by atoms with Gasteiger partial charge in [0.15, 0.2) is 28.4 Å². The molecule has 0 radical (unpaired) electrons. The van der Waals surface area contributed by atoms with Crippen LogP contribution < -0.4 is 5.32 Å². The van der Waals surface area contributed by atoms with E-state index in [1.807, 2.05) is 13.8 Å². The van der Waals surface area contributed by atoms with E-state index in [9.17, 15) is 31.9 Å². The molecule has 36 heavy (non-hydrogen) atoms. The summed E-state index contributed by atoms with van der Waals surface area (Å²) in [5, 5.41) is 21.0. The highest BCUT2D eigenvalue weighted by molar-refractivity contribution is 7.98. The number of carbonyl (C=O) groups excluding carboxylic acids is 1. The zero-order valence-electron chi connectivity index (χ0n) is 19.6. The summed E-state index contributed by atoms with van der Waals surface area (Å²) in [6, 6.07) is 6.10. The zero-order valence-corrected chi connectivity index (χ0v) is 20.4. The van der Waals surface area contributed by atoms with E-state index >= 15 is 0 Å². The summed E-state index contributed by atoms with van der Waals surface area (Å²) in [6.07, 6.45) is 1.87. The van der Waals surface area contributed by atoms with Crippen molar-refractivity contribution in [3.8, 4) is 11.4 Å². The van der Waals surface area contributed by atoms with Crippen LogP contribution in [0.2, 0.25) is 0 Å². The second-order valence-corrected chi connectivity index (χ2v) is 9.44. The van der Waals surface area contributed by atoms with Crippen molar-refractivity contribution in [3.05, 3.63) is 64.7 Å². The van der Waals surface area contributed by atoms with Crippen LogP contribution in [0, 0.1) is 35.0 Å². The average Bonchev–Trinajstić information content (AvgIpc) is 3.25. The first kappa shape index (κ1) is 27.4. The molecule has 0 saturated carbocycles. The number of phenolic OH excluding ortho intramolecular Hbond substituents is 1. The molecule has 12 heteroatoms. The van der Waals surface area contributed by atoms with Crippen LogP contribution in [-0.4, -0.2) is 32.3 Å². The van der Waals surface area contributed by atoms with Crippen LogP contribution in [0.1, 0.15) is 44.5 Å². The third-order valence-electron chi connectivity index (χ3n) is 5.20. The Kier molecular flexibility index (Phi) is 9.30. The standard InChI is InChI=1S/C24H25F5N4O2S/c1-13(2)11-30-18(35)9-4-3-8-17-31-32-24(33(17)14-6-5-7-15(34)10-14)36-12-16-19(25)21(27)23(29)22(28)20(16)26/h5-7,10,13,34H,3-4,8-9,11-12H2,1-2H3,(H,30,35). The molecule has 1 heterocycles. The Morgan fingerprint density at radius 3 is 2.33 bits per heavy atom. The van der Waals surface area contributed by atoms with Crippen LogP contribution >= 0.6 is 11.8 Å². The monoisotopic (exact) mass is 528 g/mol. The number of rotatable bonds is 11. The summed E-state index contributed by atoms with van der Waals surface area (Å²) in [7, 11) is 0. The topological polar surface area (TPSA) is 80.0 Å². The molecular formula is C24H25F5N4O2S. The molecular weight excluding hydrogens is 503 g/mol. The van der Waals surface area contributed by atoms with E-state index < -0.39 is 40.4 Å². The molecule has 0 aliphatic rings. The third-order valence-corrected chi connectivity index (χ3v) is 6.15. The predicted molar refractivity (Wildman–Crippen MR) is 124 cm³/mol. The fraction of sp³-hybridized carbons (Fsp3) is 0.375. The van der Waals surface area contributed by atoms with Crippen LogP contribution in [0.5, 0.6) is 5.75 Å². The lowest BCUT2D eigenvalue weighted by atomic mass is 10.1. The summed E-state index contributed by atoms with van der Waals surface area (Å²) in [4.78, 5) is 11.9. The van der Waals surface area contributed by atoms with E-state index in [1.54, 1.807) is 12.1 Å². The fourth-order valence-corrected chi connectivity index (χ4v) is 4.30. The van der Waals surface area contributed by atoms with Gasteiger partial charge in [0, 0.05) is 36.8 Å². The molecule has 0 unspecified atom stereocenters. The number of amides is 1. The van der Waals surface area contributed by atoms with Crippen molar-refractivity contribution >= 4 is 17.7 Å². The Morgan fingerprint density at radius 1 is 1.03 bits per heavy atom. The van der Waals surface area contributed by atoms with Crippen LogP contribution in [0.3, 0.4) is 0 Å². The van der Waals surface area contributed by atoms with Crippen molar-refractivity contribution in [1.29, 1.82) is 0 Å². The molecule has 0 bridgehead atoms. The summed E-state index contributed by atoms with van der Waals surface area (Å²) in [5.41, 5.74) is -0.527. The summed E-state index contributed by atoms with van der Waals surface area (Å²) >= 11 is 0.734. The van der Waals surface area contributed by atoms with Gasteiger partial charge in [-0.2, -0.15) is 0 Å². The molecule has 194 valence electrons. The Labute approximate surface area is 208 Å². The number of nitrogens with one attached hydrogen (secondary N) is 1.